The molecule has 2 N–H and O–H groups in total. The molecule has 1 aromatic rings. The maximum Gasteiger partial charge on any atom is 0.230 e. The summed E-state index contributed by atoms with van der Waals surface area (Å²) in [5, 5.41) is 0. The van der Waals surface area contributed by atoms with Crippen LogP contribution in [-0.2, 0) is 4.79 Å². The Labute approximate surface area is 98.4 Å². The molecule has 0 bridgehead atoms. The molecule has 0 aromatic heterocycles. The van der Waals surface area contributed by atoms with Gasteiger partial charge in [0.1, 0.15) is 0 Å². The fourth-order valence-corrected chi connectivity index (χ4v) is 1.99. The second kappa shape index (κ2) is 5.28. The molecule has 82 valence electrons. The van der Waals surface area contributed by atoms with Gasteiger partial charge in [-0.1, -0.05) is 34.1 Å². The Morgan fingerprint density at radius 3 is 2.53 bits per heavy atom. The fraction of sp³-hybridized carbons (Fsp3) is 0.364. The first kappa shape index (κ1) is 12.2. The molecular formula is C11H15BrN2O. The molecule has 4 heteroatoms. The van der Waals surface area contributed by atoms with Crippen LogP contribution in [-0.4, -0.2) is 31.4 Å². The SMILES string of the molecule is CN(C)C(=O)C(CN)c1ccccc1Br. The van der Waals surface area contributed by atoms with Gasteiger partial charge in [-0.3, -0.25) is 4.79 Å². The number of hydrogen-bond donors (Lipinski definition) is 1. The van der Waals surface area contributed by atoms with Crippen LogP contribution < -0.4 is 5.73 Å². The van der Waals surface area contributed by atoms with E-state index in [2.05, 4.69) is 15.9 Å². The number of nitrogens with zero attached hydrogens (tertiary/aromatic N) is 1. The first-order valence-electron chi connectivity index (χ1n) is 4.73. The summed E-state index contributed by atoms with van der Waals surface area (Å²) in [6, 6.07) is 7.66. The summed E-state index contributed by atoms with van der Waals surface area (Å²) in [7, 11) is 3.48. The van der Waals surface area contributed by atoms with E-state index >= 15 is 0 Å². The largest absolute Gasteiger partial charge is 0.348 e. The van der Waals surface area contributed by atoms with Gasteiger partial charge >= 0.3 is 0 Å². The van der Waals surface area contributed by atoms with Crippen molar-refractivity contribution < 1.29 is 4.79 Å². The van der Waals surface area contributed by atoms with Crippen molar-refractivity contribution in [3.63, 3.8) is 0 Å². The molecule has 0 saturated carbocycles. The summed E-state index contributed by atoms with van der Waals surface area (Å²) >= 11 is 3.43. The average molecular weight is 271 g/mol. The summed E-state index contributed by atoms with van der Waals surface area (Å²) in [6.07, 6.45) is 0. The van der Waals surface area contributed by atoms with E-state index in [1.165, 1.54) is 0 Å². The van der Waals surface area contributed by atoms with Gasteiger partial charge in [-0.2, -0.15) is 0 Å². The molecular weight excluding hydrogens is 256 g/mol. The first-order chi connectivity index (χ1) is 7.07. The smallest absolute Gasteiger partial charge is 0.230 e. The van der Waals surface area contributed by atoms with Gasteiger partial charge in [-0.15, -0.1) is 0 Å². The molecule has 1 unspecified atom stereocenters. The Balaban J connectivity index is 3.03. The maximum atomic E-state index is 11.9. The third-order valence-electron chi connectivity index (χ3n) is 2.26. The van der Waals surface area contributed by atoms with Gasteiger partial charge in [-0.05, 0) is 11.6 Å². The Kier molecular flexibility index (Phi) is 4.29. The minimum atomic E-state index is -0.268. The van der Waals surface area contributed by atoms with Gasteiger partial charge in [0.2, 0.25) is 5.91 Å². The molecule has 1 amide bonds. The highest BCUT2D eigenvalue weighted by atomic mass is 79.9. The van der Waals surface area contributed by atoms with Crippen LogP contribution in [0, 0.1) is 0 Å². The van der Waals surface area contributed by atoms with Gasteiger partial charge in [0.25, 0.3) is 0 Å². The van der Waals surface area contributed by atoms with Crippen molar-refractivity contribution in [2.24, 2.45) is 5.73 Å². The van der Waals surface area contributed by atoms with E-state index < -0.39 is 0 Å². The van der Waals surface area contributed by atoms with Crippen LogP contribution in [0.4, 0.5) is 0 Å². The number of rotatable bonds is 3. The maximum absolute atomic E-state index is 11.9. The summed E-state index contributed by atoms with van der Waals surface area (Å²) in [4.78, 5) is 13.4. The summed E-state index contributed by atoms with van der Waals surface area (Å²) < 4.78 is 0.927. The number of halogens is 1. The number of carbonyl (C=O) groups excluding carboxylic acids is 1. The van der Waals surface area contributed by atoms with E-state index in [1.807, 2.05) is 24.3 Å². The molecule has 0 spiro atoms. The Bertz CT molecular complexity index is 352. The highest BCUT2D eigenvalue weighted by molar-refractivity contribution is 9.10. The number of carbonyl (C=O) groups is 1. The lowest BCUT2D eigenvalue weighted by Gasteiger charge is -2.20. The summed E-state index contributed by atoms with van der Waals surface area (Å²) in [6.45, 7) is 0.319. The lowest BCUT2D eigenvalue weighted by molar-refractivity contribution is -0.130. The van der Waals surface area contributed by atoms with Crippen LogP contribution in [0.25, 0.3) is 0 Å². The van der Waals surface area contributed by atoms with E-state index in [4.69, 9.17) is 5.73 Å². The molecule has 0 aliphatic carbocycles. The molecule has 1 rings (SSSR count). The lowest BCUT2D eigenvalue weighted by Crippen LogP contribution is -2.32. The van der Waals surface area contributed by atoms with Crippen LogP contribution in [0.3, 0.4) is 0 Å². The number of benzene rings is 1. The Hall–Kier alpha value is -0.870. The number of likely N-dealkylation sites (N-methyl/N-ethyl adjacent to an activating group) is 1. The van der Waals surface area contributed by atoms with E-state index in [0.29, 0.717) is 6.54 Å². The second-order valence-corrected chi connectivity index (χ2v) is 4.40. The predicted octanol–water partition coefficient (Wildman–Crippen LogP) is 1.58. The van der Waals surface area contributed by atoms with Crippen LogP contribution in [0.1, 0.15) is 11.5 Å². The normalized spacial score (nSPS) is 12.3. The second-order valence-electron chi connectivity index (χ2n) is 3.54. The molecule has 1 atom stereocenters. The molecule has 0 saturated heterocycles. The molecule has 0 radical (unpaired) electrons. The third-order valence-corrected chi connectivity index (χ3v) is 2.98. The summed E-state index contributed by atoms with van der Waals surface area (Å²) in [5.74, 6) is -0.236. The van der Waals surface area contributed by atoms with Gasteiger partial charge in [-0.25, -0.2) is 0 Å². The first-order valence-corrected chi connectivity index (χ1v) is 5.53. The van der Waals surface area contributed by atoms with E-state index in [9.17, 15) is 4.79 Å². The average Bonchev–Trinajstić information content (AvgIpc) is 2.21. The van der Waals surface area contributed by atoms with E-state index in [1.54, 1.807) is 19.0 Å². The minimum absolute atomic E-state index is 0.0319. The zero-order valence-corrected chi connectivity index (χ0v) is 10.5. The zero-order chi connectivity index (χ0) is 11.4. The number of nitrogens with two attached hydrogens (primary N) is 1. The van der Waals surface area contributed by atoms with Gasteiger partial charge in [0.15, 0.2) is 0 Å². The van der Waals surface area contributed by atoms with Crippen molar-refractivity contribution in [1.82, 2.24) is 4.90 Å². The molecule has 3 nitrogen and oxygen atoms in total. The van der Waals surface area contributed by atoms with Gasteiger partial charge < -0.3 is 10.6 Å². The van der Waals surface area contributed by atoms with Crippen LogP contribution in [0.2, 0.25) is 0 Å². The van der Waals surface area contributed by atoms with Crippen molar-refractivity contribution >= 4 is 21.8 Å². The van der Waals surface area contributed by atoms with E-state index in [0.717, 1.165) is 10.0 Å². The highest BCUT2D eigenvalue weighted by Gasteiger charge is 2.22. The fourth-order valence-electron chi connectivity index (χ4n) is 1.43. The topological polar surface area (TPSA) is 46.3 Å². The van der Waals surface area contributed by atoms with Crippen molar-refractivity contribution in [1.29, 1.82) is 0 Å². The third kappa shape index (κ3) is 2.79. The molecule has 0 heterocycles. The predicted molar refractivity (Wildman–Crippen MR) is 64.6 cm³/mol. The molecule has 15 heavy (non-hydrogen) atoms. The molecule has 0 aliphatic rings. The quantitative estimate of drug-likeness (QED) is 0.907. The number of hydrogen-bond acceptors (Lipinski definition) is 2. The molecule has 0 aliphatic heterocycles. The van der Waals surface area contributed by atoms with Crippen molar-refractivity contribution in [3.8, 4) is 0 Å². The summed E-state index contributed by atoms with van der Waals surface area (Å²) in [5.41, 5.74) is 6.59. The van der Waals surface area contributed by atoms with Crippen molar-refractivity contribution in [2.45, 2.75) is 5.92 Å². The van der Waals surface area contributed by atoms with Crippen LogP contribution in [0.5, 0.6) is 0 Å². The van der Waals surface area contributed by atoms with Gasteiger partial charge in [0, 0.05) is 25.1 Å². The van der Waals surface area contributed by atoms with Crippen LogP contribution in [0.15, 0.2) is 28.7 Å². The van der Waals surface area contributed by atoms with Gasteiger partial charge in [0.05, 0.1) is 5.92 Å². The monoisotopic (exact) mass is 270 g/mol. The highest BCUT2D eigenvalue weighted by Crippen LogP contribution is 2.25. The Morgan fingerprint density at radius 1 is 1.47 bits per heavy atom. The lowest BCUT2D eigenvalue weighted by atomic mass is 9.98. The zero-order valence-electron chi connectivity index (χ0n) is 8.90. The number of amides is 1. The van der Waals surface area contributed by atoms with Crippen molar-refractivity contribution in [2.75, 3.05) is 20.6 Å². The standard InChI is InChI=1S/C11H15BrN2O/c1-14(2)11(15)9(7-13)8-5-3-4-6-10(8)12/h3-6,9H,7,13H2,1-2H3. The minimum Gasteiger partial charge on any atom is -0.348 e. The van der Waals surface area contributed by atoms with Crippen LogP contribution >= 0.6 is 15.9 Å². The Morgan fingerprint density at radius 2 is 2.07 bits per heavy atom. The van der Waals surface area contributed by atoms with E-state index in [-0.39, 0.29) is 11.8 Å². The molecule has 0 fully saturated rings. The van der Waals surface area contributed by atoms with Crippen molar-refractivity contribution in [3.05, 3.63) is 34.3 Å². The molecule has 1 aromatic carbocycles.